The van der Waals surface area contributed by atoms with E-state index in [1.54, 1.807) is 0 Å². The SMILES string of the molecule is CCCCCCCCCCCCCCC(=O)OC[C@H](COP(=O)(O)OC[C@@H](O)COP(=O)(O)OC[C@@H](COC(=O)CCCCCCCCC)OC(=O)CCCCCCCCCC)OC(=O)CCCCCCCCCCC. The normalized spacial score (nSPS) is 14.4. The first-order chi connectivity index (χ1) is 36.7. The summed E-state index contributed by atoms with van der Waals surface area (Å²) in [5.41, 5.74) is 0. The third-order valence-electron chi connectivity index (χ3n) is 13.1. The van der Waals surface area contributed by atoms with Gasteiger partial charge in [0.25, 0.3) is 0 Å². The van der Waals surface area contributed by atoms with Gasteiger partial charge in [0.1, 0.15) is 19.3 Å². The molecule has 0 aliphatic rings. The molecule has 76 heavy (non-hydrogen) atoms. The van der Waals surface area contributed by atoms with Gasteiger partial charge < -0.3 is 33.8 Å². The predicted octanol–water partition coefficient (Wildman–Crippen LogP) is 15.2. The van der Waals surface area contributed by atoms with Gasteiger partial charge in [-0.1, -0.05) is 233 Å². The number of esters is 4. The van der Waals surface area contributed by atoms with E-state index < -0.39 is 97.5 Å². The molecule has 0 aliphatic heterocycles. The van der Waals surface area contributed by atoms with Crippen LogP contribution < -0.4 is 0 Å². The van der Waals surface area contributed by atoms with Gasteiger partial charge in [0, 0.05) is 25.7 Å². The Kier molecular flexibility index (Phi) is 51.1. The Morgan fingerprint density at radius 1 is 0.316 bits per heavy atom. The molecule has 0 heterocycles. The predicted molar refractivity (Wildman–Crippen MR) is 299 cm³/mol. The molecule has 17 nitrogen and oxygen atoms in total. The summed E-state index contributed by atoms with van der Waals surface area (Å²) in [5.74, 6) is -2.15. The molecule has 0 radical (unpaired) electrons. The molecule has 0 aromatic rings. The first-order valence-corrected chi connectivity index (χ1v) is 33.3. The van der Waals surface area contributed by atoms with Gasteiger partial charge in [-0.15, -0.1) is 0 Å². The molecule has 0 aliphatic carbocycles. The highest BCUT2D eigenvalue weighted by atomic mass is 31.2. The molecule has 0 saturated carbocycles. The quantitative estimate of drug-likeness (QED) is 0.0222. The highest BCUT2D eigenvalue weighted by Crippen LogP contribution is 2.45. The fraction of sp³-hybridized carbons (Fsp3) is 0.930. The van der Waals surface area contributed by atoms with Gasteiger partial charge in [-0.2, -0.15) is 0 Å². The van der Waals surface area contributed by atoms with E-state index in [1.807, 2.05) is 0 Å². The van der Waals surface area contributed by atoms with Crippen molar-refractivity contribution in [1.82, 2.24) is 0 Å². The zero-order chi connectivity index (χ0) is 56.2. The van der Waals surface area contributed by atoms with Crippen LogP contribution in [-0.2, 0) is 65.4 Å². The molecule has 0 rings (SSSR count). The summed E-state index contributed by atoms with van der Waals surface area (Å²) in [6.07, 6.45) is 34.9. The molecule has 0 aromatic carbocycles. The van der Waals surface area contributed by atoms with Crippen LogP contribution >= 0.6 is 15.6 Å². The molecular weight excluding hydrogens is 1020 g/mol. The number of aliphatic hydroxyl groups excluding tert-OH is 1. The minimum atomic E-state index is -4.93. The fourth-order valence-electron chi connectivity index (χ4n) is 8.40. The number of carbonyl (C=O) groups is 4. The number of hydrogen-bond donors (Lipinski definition) is 3. The van der Waals surface area contributed by atoms with E-state index in [0.29, 0.717) is 25.7 Å². The summed E-state index contributed by atoms with van der Waals surface area (Å²) in [4.78, 5) is 71.6. The van der Waals surface area contributed by atoms with Gasteiger partial charge in [0.15, 0.2) is 12.2 Å². The van der Waals surface area contributed by atoms with Crippen molar-refractivity contribution in [3.8, 4) is 0 Å². The third kappa shape index (κ3) is 51.5. The summed E-state index contributed by atoms with van der Waals surface area (Å²) < 4.78 is 67.5. The molecule has 450 valence electrons. The maximum Gasteiger partial charge on any atom is 0.472 e. The Hall–Kier alpha value is -1.94. The minimum Gasteiger partial charge on any atom is -0.462 e. The number of phosphoric acid groups is 2. The van der Waals surface area contributed by atoms with E-state index in [-0.39, 0.29) is 25.7 Å². The van der Waals surface area contributed by atoms with Crippen molar-refractivity contribution < 1.29 is 80.2 Å². The van der Waals surface area contributed by atoms with Crippen LogP contribution in [0.2, 0.25) is 0 Å². The lowest BCUT2D eigenvalue weighted by molar-refractivity contribution is -0.161. The number of carbonyl (C=O) groups excluding carboxylic acids is 4. The van der Waals surface area contributed by atoms with Crippen LogP contribution in [0.3, 0.4) is 0 Å². The van der Waals surface area contributed by atoms with Crippen LogP contribution in [0.15, 0.2) is 0 Å². The zero-order valence-electron chi connectivity index (χ0n) is 48.2. The van der Waals surface area contributed by atoms with Crippen molar-refractivity contribution in [1.29, 1.82) is 0 Å². The van der Waals surface area contributed by atoms with Gasteiger partial charge in [0.05, 0.1) is 26.4 Å². The van der Waals surface area contributed by atoms with Crippen LogP contribution in [0.1, 0.15) is 285 Å². The monoisotopic (exact) mass is 1130 g/mol. The third-order valence-corrected chi connectivity index (χ3v) is 15.0. The van der Waals surface area contributed by atoms with Crippen molar-refractivity contribution in [3.63, 3.8) is 0 Å². The summed E-state index contributed by atoms with van der Waals surface area (Å²) in [6, 6.07) is 0. The molecule has 3 N–H and O–H groups in total. The summed E-state index contributed by atoms with van der Waals surface area (Å²) in [6.45, 7) is 4.76. The Morgan fingerprint density at radius 2 is 0.526 bits per heavy atom. The van der Waals surface area contributed by atoms with Crippen molar-refractivity contribution in [2.24, 2.45) is 0 Å². The molecule has 0 fully saturated rings. The Labute approximate surface area is 460 Å². The van der Waals surface area contributed by atoms with Crippen molar-refractivity contribution in [3.05, 3.63) is 0 Å². The number of hydrogen-bond acceptors (Lipinski definition) is 15. The van der Waals surface area contributed by atoms with E-state index in [1.165, 1.54) is 96.3 Å². The first-order valence-electron chi connectivity index (χ1n) is 30.3. The molecular formula is C57H110O17P2. The Morgan fingerprint density at radius 3 is 0.776 bits per heavy atom. The fourth-order valence-corrected chi connectivity index (χ4v) is 9.98. The van der Waals surface area contributed by atoms with E-state index in [4.69, 9.17) is 37.0 Å². The molecule has 0 amide bonds. The molecule has 0 spiro atoms. The van der Waals surface area contributed by atoms with Crippen LogP contribution in [0, 0.1) is 0 Å². The summed E-state index contributed by atoms with van der Waals surface area (Å²) in [7, 11) is -9.86. The van der Waals surface area contributed by atoms with Gasteiger partial charge >= 0.3 is 39.5 Å². The number of rotatable bonds is 58. The zero-order valence-corrected chi connectivity index (χ0v) is 50.0. The molecule has 0 aromatic heterocycles. The second-order valence-corrected chi connectivity index (χ2v) is 23.6. The lowest BCUT2D eigenvalue weighted by Crippen LogP contribution is -2.30. The molecule has 19 heteroatoms. The number of unbranched alkanes of at least 4 members (excludes halogenated alkanes) is 32. The topological polar surface area (TPSA) is 237 Å². The van der Waals surface area contributed by atoms with E-state index in [9.17, 15) is 43.2 Å². The first kappa shape index (κ1) is 74.1. The average molecular weight is 1130 g/mol. The number of aliphatic hydroxyl groups is 1. The summed E-state index contributed by atoms with van der Waals surface area (Å²) >= 11 is 0. The highest BCUT2D eigenvalue weighted by molar-refractivity contribution is 7.47. The van der Waals surface area contributed by atoms with E-state index >= 15 is 0 Å². The number of ether oxygens (including phenoxy) is 4. The van der Waals surface area contributed by atoms with Crippen molar-refractivity contribution in [2.45, 2.75) is 303 Å². The van der Waals surface area contributed by atoms with Gasteiger partial charge in [-0.3, -0.25) is 37.3 Å². The molecule has 0 saturated heterocycles. The second-order valence-electron chi connectivity index (χ2n) is 20.7. The largest absolute Gasteiger partial charge is 0.472 e. The van der Waals surface area contributed by atoms with Crippen molar-refractivity contribution in [2.75, 3.05) is 39.6 Å². The molecule has 2 unspecified atom stereocenters. The van der Waals surface area contributed by atoms with Crippen LogP contribution in [0.4, 0.5) is 0 Å². The van der Waals surface area contributed by atoms with E-state index in [2.05, 4.69) is 27.7 Å². The van der Waals surface area contributed by atoms with Gasteiger partial charge in [0.2, 0.25) is 0 Å². The van der Waals surface area contributed by atoms with Gasteiger partial charge in [-0.25, -0.2) is 9.13 Å². The van der Waals surface area contributed by atoms with Crippen LogP contribution in [-0.4, -0.2) is 96.7 Å². The highest BCUT2D eigenvalue weighted by Gasteiger charge is 2.30. The smallest absolute Gasteiger partial charge is 0.462 e. The maximum absolute atomic E-state index is 12.9. The van der Waals surface area contributed by atoms with Gasteiger partial charge in [-0.05, 0) is 25.7 Å². The Balaban J connectivity index is 5.18. The summed E-state index contributed by atoms with van der Waals surface area (Å²) in [5, 5.41) is 10.5. The van der Waals surface area contributed by atoms with Crippen LogP contribution in [0.5, 0.6) is 0 Å². The lowest BCUT2D eigenvalue weighted by Gasteiger charge is -2.21. The Bertz CT molecular complexity index is 1490. The van der Waals surface area contributed by atoms with Crippen LogP contribution in [0.25, 0.3) is 0 Å². The molecule has 5 atom stereocenters. The maximum atomic E-state index is 12.9. The second kappa shape index (κ2) is 52.4. The number of phosphoric ester groups is 2. The average Bonchev–Trinajstić information content (AvgIpc) is 3.39. The molecule has 0 bridgehead atoms. The standard InChI is InChI=1S/C57H110O17P2/c1-5-9-13-17-21-24-25-26-28-31-34-38-42-55(60)68-48-53(74-57(62)44-40-36-32-27-22-18-14-10-6-2)50-72-76(65,66)70-46-51(58)45-69-75(63,64)71-49-52(47-67-54(59)41-37-33-29-20-16-12-8-4)73-56(61)43-39-35-30-23-19-15-11-7-3/h51-53,58H,5-50H2,1-4H3,(H,63,64)(H,65,66)/t51-,52+,53+/m0/s1. The van der Waals surface area contributed by atoms with E-state index in [0.717, 1.165) is 109 Å². The minimum absolute atomic E-state index is 0.105. The lowest BCUT2D eigenvalue weighted by atomic mass is 10.0. The van der Waals surface area contributed by atoms with Crippen molar-refractivity contribution >= 4 is 39.5 Å².